The molecule has 1 aromatic heterocycles. The van der Waals surface area contributed by atoms with Crippen molar-refractivity contribution in [2.24, 2.45) is 7.05 Å². The number of halogens is 1. The molecule has 6 heteroatoms. The van der Waals surface area contributed by atoms with Crippen LogP contribution in [0.2, 0.25) is 5.02 Å². The summed E-state index contributed by atoms with van der Waals surface area (Å²) in [4.78, 5) is 12.0. The van der Waals surface area contributed by atoms with Crippen LogP contribution in [0.15, 0.2) is 29.1 Å². The fourth-order valence-corrected chi connectivity index (χ4v) is 2.24. The van der Waals surface area contributed by atoms with Gasteiger partial charge < -0.3 is 14.0 Å². The summed E-state index contributed by atoms with van der Waals surface area (Å²) in [6.45, 7) is 2.73. The van der Waals surface area contributed by atoms with Crippen molar-refractivity contribution in [2.75, 3.05) is 20.3 Å². The van der Waals surface area contributed by atoms with Gasteiger partial charge in [0.15, 0.2) is 5.56 Å². The Balaban J connectivity index is 0.00000242. The molecule has 0 bridgehead atoms. The number of rotatable bonds is 5. The van der Waals surface area contributed by atoms with Gasteiger partial charge in [-0.3, -0.25) is 4.79 Å². The number of pyridine rings is 1. The number of aryl methyl sites for hydroxylation is 1. The smallest absolute Gasteiger partial charge is 0.197 e. The molecule has 0 aliphatic heterocycles. The van der Waals surface area contributed by atoms with Crippen LogP contribution in [0, 0.1) is 13.0 Å². The van der Waals surface area contributed by atoms with Crippen molar-refractivity contribution in [1.82, 2.24) is 4.57 Å². The summed E-state index contributed by atoms with van der Waals surface area (Å²) in [5.74, 6) is 0.665. The number of hydrogen-bond donors (Lipinski definition) is 0. The SMILES string of the molecule is COCCOc1ccc(-c2[c-]cc(C)c(=O)n2C)c(Cl)c1.[Y]. The van der Waals surface area contributed by atoms with Crippen molar-refractivity contribution in [1.29, 1.82) is 0 Å². The van der Waals surface area contributed by atoms with E-state index in [9.17, 15) is 4.79 Å². The van der Waals surface area contributed by atoms with Crippen LogP contribution in [0.4, 0.5) is 0 Å². The minimum atomic E-state index is -0.0553. The maximum absolute atomic E-state index is 12.0. The molecule has 0 saturated heterocycles. The van der Waals surface area contributed by atoms with Gasteiger partial charge in [0, 0.05) is 46.9 Å². The molecule has 4 nitrogen and oxygen atoms in total. The number of benzene rings is 1. The molecular weight excluding hydrogens is 379 g/mol. The van der Waals surface area contributed by atoms with E-state index in [4.69, 9.17) is 21.1 Å². The van der Waals surface area contributed by atoms with Crippen LogP contribution in [0.3, 0.4) is 0 Å². The topological polar surface area (TPSA) is 40.5 Å². The molecule has 0 aliphatic rings. The van der Waals surface area contributed by atoms with Gasteiger partial charge in [-0.05, 0) is 17.2 Å². The number of aromatic nitrogens is 1. The van der Waals surface area contributed by atoms with Gasteiger partial charge in [-0.2, -0.15) is 12.1 Å². The summed E-state index contributed by atoms with van der Waals surface area (Å²) in [6, 6.07) is 10.1. The Morgan fingerprint density at radius 2 is 2.05 bits per heavy atom. The monoisotopic (exact) mass is 395 g/mol. The summed E-state index contributed by atoms with van der Waals surface area (Å²) in [7, 11) is 3.33. The normalized spacial score (nSPS) is 10.2. The van der Waals surface area contributed by atoms with Crippen LogP contribution in [0.5, 0.6) is 5.75 Å². The second kappa shape index (κ2) is 8.83. The summed E-state index contributed by atoms with van der Waals surface area (Å²) >= 11 is 6.29. The van der Waals surface area contributed by atoms with Gasteiger partial charge in [-0.1, -0.05) is 35.3 Å². The molecule has 0 spiro atoms. The Labute approximate surface area is 160 Å². The average Bonchev–Trinajstić information content (AvgIpc) is 2.46. The molecule has 0 atom stereocenters. The minimum absolute atomic E-state index is 0. The van der Waals surface area contributed by atoms with E-state index in [0.29, 0.717) is 35.2 Å². The van der Waals surface area contributed by atoms with E-state index in [0.717, 1.165) is 5.56 Å². The van der Waals surface area contributed by atoms with Gasteiger partial charge in [0.25, 0.3) is 0 Å². The molecule has 2 rings (SSSR count). The molecule has 22 heavy (non-hydrogen) atoms. The molecular formula is C16H17ClNO3Y-. The molecule has 0 aliphatic carbocycles. The van der Waals surface area contributed by atoms with E-state index in [1.807, 2.05) is 12.1 Å². The second-order valence-electron chi connectivity index (χ2n) is 4.67. The summed E-state index contributed by atoms with van der Waals surface area (Å²) in [5, 5.41) is 0.514. The zero-order chi connectivity index (χ0) is 15.4. The second-order valence-corrected chi connectivity index (χ2v) is 5.07. The average molecular weight is 396 g/mol. The standard InChI is InChI=1S/C16H17ClNO3.Y/c1-11-4-7-15(18(2)16(11)19)13-6-5-12(10-14(13)17)21-9-8-20-3;/h4-6,10H,8-9H2,1-3H3;/q-1;. The number of methoxy groups -OCH3 is 1. The largest absolute Gasteiger partial charge is 0.491 e. The van der Waals surface area contributed by atoms with E-state index in [1.165, 1.54) is 0 Å². The third kappa shape index (κ3) is 4.42. The van der Waals surface area contributed by atoms with Gasteiger partial charge in [0.1, 0.15) is 12.4 Å². The first kappa shape index (κ1) is 19.4. The first-order chi connectivity index (χ1) is 10.0. The van der Waals surface area contributed by atoms with E-state index >= 15 is 0 Å². The zero-order valence-electron chi connectivity index (χ0n) is 12.9. The van der Waals surface area contributed by atoms with Gasteiger partial charge in [0.05, 0.1) is 6.61 Å². The van der Waals surface area contributed by atoms with Crippen molar-refractivity contribution in [3.05, 3.63) is 51.3 Å². The van der Waals surface area contributed by atoms with Crippen LogP contribution in [0.1, 0.15) is 5.56 Å². The fourth-order valence-electron chi connectivity index (χ4n) is 1.98. The molecule has 2 aromatic rings. The maximum Gasteiger partial charge on any atom is 0.197 e. The molecule has 1 heterocycles. The van der Waals surface area contributed by atoms with Crippen LogP contribution >= 0.6 is 11.6 Å². The molecule has 0 N–H and O–H groups in total. The van der Waals surface area contributed by atoms with Crippen LogP contribution in [-0.4, -0.2) is 24.9 Å². The Kier molecular flexibility index (Phi) is 7.77. The molecule has 0 amide bonds. The quantitative estimate of drug-likeness (QED) is 0.577. The van der Waals surface area contributed by atoms with Crippen LogP contribution < -0.4 is 10.3 Å². The molecule has 0 saturated carbocycles. The van der Waals surface area contributed by atoms with Crippen molar-refractivity contribution in [2.45, 2.75) is 6.92 Å². The third-order valence-electron chi connectivity index (χ3n) is 3.15. The van der Waals surface area contributed by atoms with E-state index in [2.05, 4.69) is 6.07 Å². The van der Waals surface area contributed by atoms with E-state index in [1.54, 1.807) is 37.8 Å². The Morgan fingerprint density at radius 3 is 2.68 bits per heavy atom. The van der Waals surface area contributed by atoms with Crippen LogP contribution in [-0.2, 0) is 44.5 Å². The molecule has 1 radical (unpaired) electrons. The first-order valence-electron chi connectivity index (χ1n) is 6.54. The fraction of sp³-hybridized carbons (Fsp3) is 0.312. The van der Waals surface area contributed by atoms with Gasteiger partial charge in [-0.25, -0.2) is 0 Å². The predicted molar refractivity (Wildman–Crippen MR) is 83.1 cm³/mol. The maximum atomic E-state index is 12.0. The van der Waals surface area contributed by atoms with Crippen molar-refractivity contribution in [3.63, 3.8) is 0 Å². The van der Waals surface area contributed by atoms with Crippen molar-refractivity contribution in [3.8, 4) is 17.0 Å². The Morgan fingerprint density at radius 1 is 1.32 bits per heavy atom. The molecule has 1 aromatic carbocycles. The molecule has 0 unspecified atom stereocenters. The molecule has 0 fully saturated rings. The first-order valence-corrected chi connectivity index (χ1v) is 6.92. The number of nitrogens with zero attached hydrogens (tertiary/aromatic N) is 1. The Hall–Kier alpha value is -0.676. The van der Waals surface area contributed by atoms with Gasteiger partial charge in [0.2, 0.25) is 0 Å². The van der Waals surface area contributed by atoms with E-state index in [-0.39, 0.29) is 38.3 Å². The molecule has 115 valence electrons. The zero-order valence-corrected chi connectivity index (χ0v) is 16.4. The van der Waals surface area contributed by atoms with Gasteiger partial charge >= 0.3 is 0 Å². The van der Waals surface area contributed by atoms with Crippen molar-refractivity contribution < 1.29 is 42.2 Å². The summed E-state index contributed by atoms with van der Waals surface area (Å²) < 4.78 is 12.0. The summed E-state index contributed by atoms with van der Waals surface area (Å²) in [5.41, 5.74) is 1.99. The number of ether oxygens (including phenoxy) is 2. The van der Waals surface area contributed by atoms with Gasteiger partial charge in [-0.15, -0.1) is 6.07 Å². The third-order valence-corrected chi connectivity index (χ3v) is 3.47. The number of hydrogen-bond acceptors (Lipinski definition) is 3. The van der Waals surface area contributed by atoms with E-state index < -0.39 is 0 Å². The minimum Gasteiger partial charge on any atom is -0.491 e. The predicted octanol–water partition coefficient (Wildman–Crippen LogP) is 2.84. The van der Waals surface area contributed by atoms with Crippen LogP contribution in [0.25, 0.3) is 11.3 Å². The summed E-state index contributed by atoms with van der Waals surface area (Å²) in [6.07, 6.45) is 0. The Bertz CT molecular complexity index is 700. The van der Waals surface area contributed by atoms with Crippen molar-refractivity contribution >= 4 is 11.6 Å².